The minimum absolute atomic E-state index is 0.491. The average molecular weight is 265 g/mol. The van der Waals surface area contributed by atoms with Crippen molar-refractivity contribution >= 4 is 27.8 Å². The van der Waals surface area contributed by atoms with E-state index in [1.165, 1.54) is 22.7 Å². The molecule has 0 aliphatic carbocycles. The summed E-state index contributed by atoms with van der Waals surface area (Å²) in [7, 11) is 0. The Morgan fingerprint density at radius 1 is 1.29 bits per heavy atom. The molecule has 0 amide bonds. The van der Waals surface area contributed by atoms with Gasteiger partial charge in [-0.15, -0.1) is 22.7 Å². The number of nitrogens with zero attached hydrogens (tertiary/aromatic N) is 4. The number of nitrogens with two attached hydrogens (primary N) is 1. The quantitative estimate of drug-likeness (QED) is 0.776. The van der Waals surface area contributed by atoms with Crippen molar-refractivity contribution in [3.05, 3.63) is 27.9 Å². The van der Waals surface area contributed by atoms with E-state index >= 15 is 0 Å². The fraction of sp³-hybridized carbons (Fsp3) is 0.111. The third-order valence-electron chi connectivity index (χ3n) is 2.03. The molecular formula is C9H7N5OS2. The Morgan fingerprint density at radius 2 is 2.24 bits per heavy atom. The highest BCUT2D eigenvalue weighted by molar-refractivity contribution is 7.13. The molecule has 0 aliphatic rings. The average Bonchev–Trinajstić information content (AvgIpc) is 3.00. The molecule has 3 heterocycles. The van der Waals surface area contributed by atoms with E-state index < -0.39 is 0 Å². The number of hydrogen-bond donors (Lipinski definition) is 1. The van der Waals surface area contributed by atoms with Crippen LogP contribution in [0.5, 0.6) is 0 Å². The zero-order valence-corrected chi connectivity index (χ0v) is 10.2. The molecule has 0 saturated heterocycles. The number of aromatic nitrogens is 4. The highest BCUT2D eigenvalue weighted by Gasteiger charge is 2.11. The fourth-order valence-electron chi connectivity index (χ4n) is 1.31. The number of hydrogen-bond acceptors (Lipinski definition) is 8. The van der Waals surface area contributed by atoms with Gasteiger partial charge in [-0.05, 0) is 0 Å². The third kappa shape index (κ3) is 2.17. The van der Waals surface area contributed by atoms with E-state index in [-0.39, 0.29) is 0 Å². The molecule has 0 spiro atoms. The lowest BCUT2D eigenvalue weighted by Crippen LogP contribution is -1.90. The lowest BCUT2D eigenvalue weighted by Gasteiger charge is -1.87. The second-order valence-electron chi connectivity index (χ2n) is 3.24. The van der Waals surface area contributed by atoms with Gasteiger partial charge in [0.1, 0.15) is 5.69 Å². The first-order valence-corrected chi connectivity index (χ1v) is 6.54. The zero-order valence-electron chi connectivity index (χ0n) is 8.53. The van der Waals surface area contributed by atoms with Crippen LogP contribution >= 0.6 is 22.7 Å². The summed E-state index contributed by atoms with van der Waals surface area (Å²) in [5, 5.41) is 8.15. The zero-order chi connectivity index (χ0) is 11.7. The van der Waals surface area contributed by atoms with Crippen molar-refractivity contribution in [1.29, 1.82) is 0 Å². The number of thiazole rings is 2. The van der Waals surface area contributed by atoms with Crippen LogP contribution in [0, 0.1) is 0 Å². The van der Waals surface area contributed by atoms with Crippen molar-refractivity contribution in [1.82, 2.24) is 20.1 Å². The second-order valence-corrected chi connectivity index (χ2v) is 4.85. The Balaban J connectivity index is 1.81. The maximum absolute atomic E-state index is 5.55. The van der Waals surface area contributed by atoms with Gasteiger partial charge in [0.25, 0.3) is 0 Å². The smallest absolute Gasteiger partial charge is 0.233 e. The number of anilines is 1. The third-order valence-corrected chi connectivity index (χ3v) is 3.34. The first kappa shape index (κ1) is 10.4. The number of rotatable bonds is 3. The van der Waals surface area contributed by atoms with Gasteiger partial charge in [-0.25, -0.2) is 9.97 Å². The number of nitrogen functional groups attached to an aromatic ring is 1. The van der Waals surface area contributed by atoms with Gasteiger partial charge in [-0.1, -0.05) is 5.16 Å². The molecule has 0 saturated carbocycles. The van der Waals surface area contributed by atoms with Gasteiger partial charge in [0, 0.05) is 10.8 Å². The Bertz CT molecular complexity index is 615. The van der Waals surface area contributed by atoms with E-state index in [1.54, 1.807) is 5.51 Å². The summed E-state index contributed by atoms with van der Waals surface area (Å²) in [6.07, 6.45) is 0.491. The minimum atomic E-state index is 0.491. The summed E-state index contributed by atoms with van der Waals surface area (Å²) in [6.45, 7) is 0. The van der Waals surface area contributed by atoms with Crippen LogP contribution in [0.4, 0.5) is 5.13 Å². The molecule has 0 radical (unpaired) electrons. The molecule has 17 heavy (non-hydrogen) atoms. The van der Waals surface area contributed by atoms with Gasteiger partial charge in [0.05, 0.1) is 17.6 Å². The van der Waals surface area contributed by atoms with Crippen molar-refractivity contribution in [2.75, 3.05) is 5.73 Å². The molecule has 86 valence electrons. The van der Waals surface area contributed by atoms with Crippen molar-refractivity contribution in [3.63, 3.8) is 0 Å². The highest BCUT2D eigenvalue weighted by atomic mass is 32.1. The van der Waals surface area contributed by atoms with Gasteiger partial charge < -0.3 is 10.3 Å². The van der Waals surface area contributed by atoms with Gasteiger partial charge in [-0.2, -0.15) is 4.98 Å². The normalized spacial score (nSPS) is 10.8. The van der Waals surface area contributed by atoms with Crippen molar-refractivity contribution in [3.8, 4) is 11.5 Å². The van der Waals surface area contributed by atoms with Gasteiger partial charge in [0.15, 0.2) is 5.13 Å². The van der Waals surface area contributed by atoms with Crippen LogP contribution in [0.2, 0.25) is 0 Å². The maximum Gasteiger partial charge on any atom is 0.233 e. The Hall–Kier alpha value is -1.80. The van der Waals surface area contributed by atoms with Gasteiger partial charge in [-0.3, -0.25) is 0 Å². The van der Waals surface area contributed by atoms with E-state index in [1.807, 2.05) is 10.8 Å². The predicted octanol–water partition coefficient (Wildman–Crippen LogP) is 1.82. The van der Waals surface area contributed by atoms with Crippen LogP contribution in [0.3, 0.4) is 0 Å². The summed E-state index contributed by atoms with van der Waals surface area (Å²) >= 11 is 2.89. The molecular weight excluding hydrogens is 258 g/mol. The summed E-state index contributed by atoms with van der Waals surface area (Å²) in [5.41, 5.74) is 8.83. The molecule has 3 aromatic rings. The second kappa shape index (κ2) is 4.22. The van der Waals surface area contributed by atoms with Crippen LogP contribution in [-0.2, 0) is 6.42 Å². The molecule has 0 unspecified atom stereocenters. The fourth-order valence-corrected chi connectivity index (χ4v) is 2.41. The molecule has 0 fully saturated rings. The van der Waals surface area contributed by atoms with E-state index in [0.29, 0.717) is 23.3 Å². The first-order chi connectivity index (χ1) is 8.31. The predicted molar refractivity (Wildman–Crippen MR) is 64.7 cm³/mol. The van der Waals surface area contributed by atoms with Gasteiger partial charge >= 0.3 is 0 Å². The molecule has 0 atom stereocenters. The minimum Gasteiger partial charge on any atom is -0.375 e. The topological polar surface area (TPSA) is 90.7 Å². The van der Waals surface area contributed by atoms with Crippen molar-refractivity contribution in [2.45, 2.75) is 6.42 Å². The lowest BCUT2D eigenvalue weighted by atomic mass is 10.3. The van der Waals surface area contributed by atoms with E-state index in [2.05, 4.69) is 20.1 Å². The first-order valence-electron chi connectivity index (χ1n) is 4.72. The molecule has 2 N–H and O–H groups in total. The van der Waals surface area contributed by atoms with E-state index in [9.17, 15) is 0 Å². The van der Waals surface area contributed by atoms with Crippen LogP contribution in [0.15, 0.2) is 20.8 Å². The maximum atomic E-state index is 5.55. The summed E-state index contributed by atoms with van der Waals surface area (Å²) < 4.78 is 5.13. The lowest BCUT2D eigenvalue weighted by molar-refractivity contribution is 0.385. The Labute approximate surface area is 104 Å². The standard InChI is InChI=1S/C9H7N5OS2/c10-9-12-5(2-17-9)1-7-13-8(14-15-7)6-3-16-4-11-6/h2-4H,1H2,(H2,10,12). The highest BCUT2D eigenvalue weighted by Crippen LogP contribution is 2.18. The summed E-state index contributed by atoms with van der Waals surface area (Å²) in [5.74, 6) is 1.02. The molecule has 0 aliphatic heterocycles. The van der Waals surface area contributed by atoms with E-state index in [0.717, 1.165) is 11.4 Å². The van der Waals surface area contributed by atoms with Crippen LogP contribution in [-0.4, -0.2) is 20.1 Å². The SMILES string of the molecule is Nc1nc(Cc2nc(-c3cscn3)no2)cs1. The molecule has 0 aromatic carbocycles. The molecule has 3 aromatic heterocycles. The van der Waals surface area contributed by atoms with Crippen LogP contribution in [0.25, 0.3) is 11.5 Å². The molecule has 0 bridgehead atoms. The van der Waals surface area contributed by atoms with Crippen LogP contribution in [0.1, 0.15) is 11.6 Å². The van der Waals surface area contributed by atoms with Gasteiger partial charge in [0.2, 0.25) is 11.7 Å². The monoisotopic (exact) mass is 265 g/mol. The Kier molecular flexibility index (Phi) is 2.57. The van der Waals surface area contributed by atoms with Crippen molar-refractivity contribution < 1.29 is 4.52 Å². The van der Waals surface area contributed by atoms with Crippen LogP contribution < -0.4 is 5.73 Å². The Morgan fingerprint density at radius 3 is 2.94 bits per heavy atom. The van der Waals surface area contributed by atoms with Crippen molar-refractivity contribution in [2.24, 2.45) is 0 Å². The van der Waals surface area contributed by atoms with E-state index in [4.69, 9.17) is 10.3 Å². The summed E-state index contributed by atoms with van der Waals surface area (Å²) in [6, 6.07) is 0. The molecule has 3 rings (SSSR count). The molecule has 8 heteroatoms. The summed E-state index contributed by atoms with van der Waals surface area (Å²) in [4.78, 5) is 12.5. The largest absolute Gasteiger partial charge is 0.375 e. The molecule has 6 nitrogen and oxygen atoms in total.